The number of methoxy groups -OCH3 is 2. The van der Waals surface area contributed by atoms with Crippen molar-refractivity contribution >= 4 is 27.8 Å². The van der Waals surface area contributed by atoms with Crippen molar-refractivity contribution in [3.05, 3.63) is 71.3 Å². The molecule has 2 heterocycles. The lowest BCUT2D eigenvalue weighted by Crippen LogP contribution is -2.35. The Balaban J connectivity index is 2.09. The van der Waals surface area contributed by atoms with Crippen LogP contribution in [0.1, 0.15) is 6.92 Å². The Bertz CT molecular complexity index is 1040. The molecule has 0 bridgehead atoms. The van der Waals surface area contributed by atoms with Crippen molar-refractivity contribution in [2.24, 2.45) is 0 Å². The molecule has 1 atom stereocenters. The van der Waals surface area contributed by atoms with Crippen molar-refractivity contribution in [2.75, 3.05) is 24.3 Å². The minimum Gasteiger partial charge on any atom is -0.465 e. The van der Waals surface area contributed by atoms with Gasteiger partial charge in [-0.2, -0.15) is 0 Å². The van der Waals surface area contributed by atoms with E-state index < -0.39 is 22.2 Å². The highest BCUT2D eigenvalue weighted by Crippen LogP contribution is 2.72. The van der Waals surface area contributed by atoms with E-state index in [1.807, 2.05) is 36.5 Å². The molecular weight excluding hydrogens is 374 g/mol. The van der Waals surface area contributed by atoms with Gasteiger partial charge in [-0.15, -0.1) is 10.2 Å². The largest absolute Gasteiger partial charge is 0.465 e. The molecule has 1 unspecified atom stereocenters. The van der Waals surface area contributed by atoms with E-state index in [1.54, 1.807) is 6.08 Å². The zero-order chi connectivity index (χ0) is 19.9. The molecule has 0 aliphatic carbocycles. The Hall–Kier alpha value is -2.99. The van der Waals surface area contributed by atoms with Crippen molar-refractivity contribution < 1.29 is 19.1 Å². The van der Waals surface area contributed by atoms with Gasteiger partial charge in [-0.25, -0.2) is 9.59 Å². The third-order valence-corrected chi connectivity index (χ3v) is 9.06. The first kappa shape index (κ1) is 18.4. The van der Waals surface area contributed by atoms with Crippen LogP contribution in [0, 0.1) is 0 Å². The molecule has 4 rings (SSSR count). The van der Waals surface area contributed by atoms with Gasteiger partial charge in [-0.1, -0.05) is 43.3 Å². The first-order valence-electron chi connectivity index (χ1n) is 8.97. The molecule has 2 aliphatic heterocycles. The summed E-state index contributed by atoms with van der Waals surface area (Å²) in [4.78, 5) is 26.8. The number of esters is 2. The van der Waals surface area contributed by atoms with Crippen molar-refractivity contribution in [3.8, 4) is 11.1 Å². The van der Waals surface area contributed by atoms with Gasteiger partial charge in [-0.05, 0) is 29.5 Å². The Kier molecular flexibility index (Phi) is 4.51. The number of anilines is 1. The second kappa shape index (κ2) is 6.87. The van der Waals surface area contributed by atoms with Crippen LogP contribution in [-0.2, 0) is 19.1 Å². The number of benzene rings is 2. The monoisotopic (exact) mass is 395 g/mol. The van der Waals surface area contributed by atoms with Gasteiger partial charge in [-0.3, -0.25) is 0 Å². The van der Waals surface area contributed by atoms with Crippen LogP contribution in [0.2, 0.25) is 0 Å². The molecule has 2 aliphatic rings. The maximum atomic E-state index is 12.9. The van der Waals surface area contributed by atoms with Gasteiger partial charge in [0.05, 0.1) is 30.4 Å². The van der Waals surface area contributed by atoms with E-state index >= 15 is 0 Å². The third-order valence-electron chi connectivity index (χ3n) is 5.15. The van der Waals surface area contributed by atoms with Gasteiger partial charge in [0.15, 0.2) is 0 Å². The van der Waals surface area contributed by atoms with Gasteiger partial charge in [0.1, 0.15) is 0 Å². The summed E-state index contributed by atoms with van der Waals surface area (Å²) < 4.78 is 12.2. The Labute approximate surface area is 165 Å². The summed E-state index contributed by atoms with van der Waals surface area (Å²) >= 11 is 0. The highest BCUT2D eigenvalue weighted by molar-refractivity contribution is 8.38. The van der Waals surface area contributed by atoms with Gasteiger partial charge >= 0.3 is 11.9 Å². The van der Waals surface area contributed by atoms with Crippen LogP contribution in [0.4, 0.5) is 5.69 Å². The molecule has 0 aromatic heterocycles. The van der Waals surface area contributed by atoms with E-state index in [4.69, 9.17) is 9.47 Å². The molecule has 144 valence electrons. The summed E-state index contributed by atoms with van der Waals surface area (Å²) in [7, 11) is 0.765. The predicted octanol–water partition coefficient (Wildman–Crippen LogP) is 4.40. The Morgan fingerprint density at radius 1 is 0.929 bits per heavy atom. The van der Waals surface area contributed by atoms with Crippen LogP contribution < -0.4 is 4.31 Å². The number of fused-ring (bicyclic) bond motifs is 6. The number of carbonyl (C=O) groups excluding carboxylic acids is 2. The summed E-state index contributed by atoms with van der Waals surface area (Å²) in [6.45, 7) is 2.07. The van der Waals surface area contributed by atoms with Crippen molar-refractivity contribution in [1.29, 1.82) is 0 Å². The van der Waals surface area contributed by atoms with Gasteiger partial charge in [0.2, 0.25) is 0 Å². The first-order valence-corrected chi connectivity index (χ1v) is 10.7. The lowest BCUT2D eigenvalue weighted by molar-refractivity contribution is -0.135. The van der Waals surface area contributed by atoms with E-state index in [9.17, 15) is 9.59 Å². The normalized spacial score (nSPS) is 21.8. The van der Waals surface area contributed by atoms with Crippen LogP contribution in [0.5, 0.6) is 0 Å². The number of carbonyl (C=O) groups is 2. The number of hydrogen-bond donors (Lipinski definition) is 0. The molecule has 0 saturated heterocycles. The molecule has 0 amide bonds. The summed E-state index contributed by atoms with van der Waals surface area (Å²) in [6.07, 6.45) is 3.45. The second-order valence-electron chi connectivity index (χ2n) is 6.41. The number of para-hydroxylation sites is 1. The van der Waals surface area contributed by atoms with Gasteiger partial charge < -0.3 is 13.8 Å². The smallest absolute Gasteiger partial charge is 0.344 e. The molecule has 6 heteroatoms. The molecule has 0 fully saturated rings. The zero-order valence-corrected chi connectivity index (χ0v) is 16.8. The van der Waals surface area contributed by atoms with Gasteiger partial charge in [0.25, 0.3) is 0 Å². The third kappa shape index (κ3) is 2.41. The molecule has 0 radical (unpaired) electrons. The zero-order valence-electron chi connectivity index (χ0n) is 16.0. The SMILES string of the molecule is CCS12C(C(=O)OC)=CC(C(=O)OC)=CN1c1ccccc1-c1ccccc12. The fourth-order valence-corrected chi connectivity index (χ4v) is 7.79. The second-order valence-corrected chi connectivity index (χ2v) is 9.66. The highest BCUT2D eigenvalue weighted by Gasteiger charge is 2.46. The van der Waals surface area contributed by atoms with Crippen LogP contribution in [0.3, 0.4) is 0 Å². The first-order chi connectivity index (χ1) is 13.6. The average Bonchev–Trinajstić information content (AvgIpc) is 2.77. The maximum Gasteiger partial charge on any atom is 0.344 e. The van der Waals surface area contributed by atoms with E-state index in [-0.39, 0.29) is 0 Å². The lowest BCUT2D eigenvalue weighted by atomic mass is 10.0. The topological polar surface area (TPSA) is 55.8 Å². The number of hydrogen-bond acceptors (Lipinski definition) is 5. The molecule has 0 spiro atoms. The van der Waals surface area contributed by atoms with Crippen molar-refractivity contribution in [2.45, 2.75) is 11.8 Å². The molecule has 2 aromatic carbocycles. The molecule has 0 N–H and O–H groups in total. The van der Waals surface area contributed by atoms with Crippen molar-refractivity contribution in [3.63, 3.8) is 0 Å². The number of ether oxygens (including phenoxy) is 2. The molecule has 2 aromatic rings. The van der Waals surface area contributed by atoms with E-state index in [0.717, 1.165) is 21.7 Å². The number of rotatable bonds is 3. The van der Waals surface area contributed by atoms with Crippen molar-refractivity contribution in [1.82, 2.24) is 0 Å². The van der Waals surface area contributed by atoms with Crippen LogP contribution in [0.25, 0.3) is 11.1 Å². The van der Waals surface area contributed by atoms with Gasteiger partial charge in [0, 0.05) is 16.7 Å². The highest BCUT2D eigenvalue weighted by atomic mass is 32.3. The van der Waals surface area contributed by atoms with E-state index in [1.165, 1.54) is 14.2 Å². The summed E-state index contributed by atoms with van der Waals surface area (Å²) in [6, 6.07) is 16.2. The summed E-state index contributed by atoms with van der Waals surface area (Å²) in [5.41, 5.74) is 3.47. The lowest BCUT2D eigenvalue weighted by Gasteiger charge is -2.54. The van der Waals surface area contributed by atoms with Crippen LogP contribution >= 0.6 is 10.2 Å². The Morgan fingerprint density at radius 3 is 2.25 bits per heavy atom. The summed E-state index contributed by atoms with van der Waals surface area (Å²) in [5.74, 6) is -0.211. The average molecular weight is 395 g/mol. The minimum atomic E-state index is -1.94. The molecule has 5 nitrogen and oxygen atoms in total. The fraction of sp³-hybridized carbons (Fsp3) is 0.182. The summed E-state index contributed by atoms with van der Waals surface area (Å²) in [5, 5.41) is 0. The minimum absolute atomic E-state index is 0.327. The van der Waals surface area contributed by atoms with E-state index in [0.29, 0.717) is 16.2 Å². The fourth-order valence-electron chi connectivity index (χ4n) is 3.91. The number of nitrogens with zero attached hydrogens (tertiary/aromatic N) is 1. The van der Waals surface area contributed by atoms with Crippen LogP contribution in [-0.4, -0.2) is 31.9 Å². The standard InChI is InChI=1S/C22H21NO4S/c1-4-28-19-12-8-6-10-17(19)16-9-5-7-11-18(16)23(28)14-15(21(24)26-2)13-20(28)22(25)27-3/h5-14H,4H2,1-3H3. The van der Waals surface area contributed by atoms with Crippen LogP contribution in [0.15, 0.2) is 76.2 Å². The Morgan fingerprint density at radius 2 is 1.57 bits per heavy atom. The predicted molar refractivity (Wildman–Crippen MR) is 111 cm³/mol. The van der Waals surface area contributed by atoms with E-state index in [2.05, 4.69) is 29.4 Å². The molecule has 0 saturated carbocycles. The molecule has 28 heavy (non-hydrogen) atoms. The quantitative estimate of drug-likeness (QED) is 0.721. The maximum absolute atomic E-state index is 12.9. The molecular formula is C22H21NO4S.